The normalized spacial score (nSPS) is 30.0. The minimum Gasteiger partial charge on any atom is -0.434 e. The second kappa shape index (κ2) is 15.1. The molecule has 0 bridgehead atoms. The first-order valence-corrected chi connectivity index (χ1v) is 12.9. The number of aromatic amines is 1. The standard InChI is InChI=1S/C23H35N5O12/c1-12-9-28(22(34)25-20(12)33)16-8-13(26-27-24)15(39-16)11-38-23(35)37-7-5-3-2-4-6-36-21-19(32)18(31)17(30)14(10-29)40-21/h9,13-19,21,29-32H,2-8,10-11H2,1H3,(H,25,33,34)/t13-,14+,15+,16+,17+,18-,19-,21?/m0/s1. The largest absolute Gasteiger partial charge is 0.508 e. The van der Waals surface area contributed by atoms with Gasteiger partial charge in [0.1, 0.15) is 43.4 Å². The number of aromatic nitrogens is 2. The van der Waals surface area contributed by atoms with Gasteiger partial charge >= 0.3 is 11.8 Å². The zero-order valence-corrected chi connectivity index (χ0v) is 21.9. The number of carbonyl (C=O) groups excluding carboxylic acids is 1. The number of unbranched alkanes of at least 4 members (excludes halogenated alkanes) is 3. The molecule has 5 N–H and O–H groups in total. The summed E-state index contributed by atoms with van der Waals surface area (Å²) in [4.78, 5) is 40.7. The maximum absolute atomic E-state index is 12.1. The molecule has 0 aromatic carbocycles. The van der Waals surface area contributed by atoms with Gasteiger partial charge in [-0.05, 0) is 31.7 Å². The summed E-state index contributed by atoms with van der Waals surface area (Å²) in [5.41, 5.74) is 7.96. The van der Waals surface area contributed by atoms with E-state index in [9.17, 15) is 34.8 Å². The molecule has 3 heterocycles. The van der Waals surface area contributed by atoms with Crippen LogP contribution in [0.5, 0.6) is 0 Å². The maximum Gasteiger partial charge on any atom is 0.508 e. The van der Waals surface area contributed by atoms with Crippen LogP contribution in [0.4, 0.5) is 4.79 Å². The average Bonchev–Trinajstić information content (AvgIpc) is 3.33. The number of ether oxygens (including phenoxy) is 5. The number of hydrogen-bond donors (Lipinski definition) is 5. The average molecular weight is 574 g/mol. The number of carbonyl (C=O) groups is 1. The Kier molecular flexibility index (Phi) is 11.9. The quantitative estimate of drug-likeness (QED) is 0.0649. The molecule has 17 heteroatoms. The van der Waals surface area contributed by atoms with E-state index in [0.29, 0.717) is 31.2 Å². The first-order chi connectivity index (χ1) is 19.2. The Morgan fingerprint density at radius 2 is 1.82 bits per heavy atom. The molecule has 1 aromatic heterocycles. The monoisotopic (exact) mass is 573 g/mol. The van der Waals surface area contributed by atoms with Gasteiger partial charge in [0.25, 0.3) is 5.56 Å². The summed E-state index contributed by atoms with van der Waals surface area (Å²) < 4.78 is 27.8. The van der Waals surface area contributed by atoms with Crippen LogP contribution >= 0.6 is 0 Å². The predicted molar refractivity (Wildman–Crippen MR) is 133 cm³/mol. The molecule has 1 aromatic rings. The molecule has 0 aliphatic carbocycles. The lowest BCUT2D eigenvalue weighted by atomic mass is 9.99. The van der Waals surface area contributed by atoms with Gasteiger partial charge in [0.2, 0.25) is 0 Å². The predicted octanol–water partition coefficient (Wildman–Crippen LogP) is -0.658. The molecule has 0 spiro atoms. The molecular weight excluding hydrogens is 538 g/mol. The van der Waals surface area contributed by atoms with E-state index in [2.05, 4.69) is 15.0 Å². The summed E-state index contributed by atoms with van der Waals surface area (Å²) in [6, 6.07) is -0.716. The van der Waals surface area contributed by atoms with Crippen LogP contribution in [-0.2, 0) is 23.7 Å². The smallest absolute Gasteiger partial charge is 0.434 e. The number of aryl methyl sites for hydroxylation is 1. The van der Waals surface area contributed by atoms with Gasteiger partial charge in [-0.3, -0.25) is 14.3 Å². The van der Waals surface area contributed by atoms with Crippen LogP contribution in [0.3, 0.4) is 0 Å². The molecular formula is C23H35N5O12. The summed E-state index contributed by atoms with van der Waals surface area (Å²) in [7, 11) is 0. The molecule has 0 amide bonds. The van der Waals surface area contributed by atoms with Crippen molar-refractivity contribution in [2.24, 2.45) is 5.11 Å². The van der Waals surface area contributed by atoms with Gasteiger partial charge in [0.05, 0.1) is 19.3 Å². The van der Waals surface area contributed by atoms with E-state index < -0.39 is 73.1 Å². The van der Waals surface area contributed by atoms with E-state index in [4.69, 9.17) is 29.2 Å². The van der Waals surface area contributed by atoms with Crippen LogP contribution < -0.4 is 11.2 Å². The van der Waals surface area contributed by atoms with E-state index in [1.807, 2.05) is 0 Å². The van der Waals surface area contributed by atoms with Crippen molar-refractivity contribution in [3.8, 4) is 0 Å². The molecule has 2 fully saturated rings. The first-order valence-electron chi connectivity index (χ1n) is 12.9. The molecule has 17 nitrogen and oxygen atoms in total. The van der Waals surface area contributed by atoms with Gasteiger partial charge in [-0.1, -0.05) is 11.5 Å². The number of rotatable bonds is 13. The van der Waals surface area contributed by atoms with Crippen molar-refractivity contribution >= 4 is 6.16 Å². The molecule has 2 aliphatic rings. The highest BCUT2D eigenvalue weighted by Crippen LogP contribution is 2.30. The van der Waals surface area contributed by atoms with E-state index in [0.717, 1.165) is 0 Å². The second-order valence-electron chi connectivity index (χ2n) is 9.51. The Labute approximate surface area is 227 Å². The first kappa shape index (κ1) is 31.5. The number of hydrogen-bond acceptors (Lipinski definition) is 13. The summed E-state index contributed by atoms with van der Waals surface area (Å²) in [5, 5.41) is 42.3. The zero-order chi connectivity index (χ0) is 29.2. The maximum atomic E-state index is 12.1. The summed E-state index contributed by atoms with van der Waals surface area (Å²) >= 11 is 0. The summed E-state index contributed by atoms with van der Waals surface area (Å²) in [6.07, 6.45) is -5.19. The van der Waals surface area contributed by atoms with Crippen molar-refractivity contribution in [2.75, 3.05) is 26.4 Å². The van der Waals surface area contributed by atoms with Gasteiger partial charge in [-0.2, -0.15) is 0 Å². The Bertz CT molecular complexity index is 1140. The van der Waals surface area contributed by atoms with Crippen molar-refractivity contribution in [3.05, 3.63) is 43.0 Å². The van der Waals surface area contributed by atoms with Crippen LogP contribution in [-0.4, -0.2) is 105 Å². The Hall–Kier alpha value is -3.02. The Morgan fingerprint density at radius 3 is 2.52 bits per heavy atom. The van der Waals surface area contributed by atoms with Crippen LogP contribution in [0.2, 0.25) is 0 Å². The van der Waals surface area contributed by atoms with Crippen molar-refractivity contribution in [2.45, 2.75) is 88.1 Å². The minimum atomic E-state index is -1.50. The fraction of sp³-hybridized carbons (Fsp3) is 0.783. The van der Waals surface area contributed by atoms with Gasteiger partial charge in [-0.15, -0.1) is 0 Å². The van der Waals surface area contributed by atoms with Gasteiger partial charge in [0.15, 0.2) is 6.29 Å². The number of azide groups is 1. The molecule has 2 saturated heterocycles. The SMILES string of the molecule is Cc1cn([C@H]2C[C@H](N=[N+]=[N-])[C@@H](COC(=O)OCCCCCCOC3O[C@H](CO)[C@@H](O)[C@H](O)[C@@H]3O)O2)c(=O)[nH]c1=O. The lowest BCUT2D eigenvalue weighted by Gasteiger charge is -2.39. The van der Waals surface area contributed by atoms with Crippen LogP contribution in [0.15, 0.2) is 20.9 Å². The number of aliphatic hydroxyl groups is 4. The van der Waals surface area contributed by atoms with Gasteiger partial charge in [0, 0.05) is 29.7 Å². The lowest BCUT2D eigenvalue weighted by Crippen LogP contribution is -2.59. The minimum absolute atomic E-state index is 0.0897. The summed E-state index contributed by atoms with van der Waals surface area (Å²) in [5.74, 6) is 0. The van der Waals surface area contributed by atoms with Crippen molar-refractivity contribution in [3.63, 3.8) is 0 Å². The van der Waals surface area contributed by atoms with E-state index >= 15 is 0 Å². The Morgan fingerprint density at radius 1 is 1.10 bits per heavy atom. The van der Waals surface area contributed by atoms with Crippen LogP contribution in [0, 0.1) is 6.92 Å². The summed E-state index contributed by atoms with van der Waals surface area (Å²) in [6.45, 7) is 1.01. The number of H-pyrrole nitrogens is 1. The molecule has 3 rings (SSSR count). The second-order valence-corrected chi connectivity index (χ2v) is 9.51. The third-order valence-corrected chi connectivity index (χ3v) is 6.61. The van der Waals surface area contributed by atoms with E-state index in [1.165, 1.54) is 17.7 Å². The van der Waals surface area contributed by atoms with Crippen molar-refractivity contribution in [1.29, 1.82) is 0 Å². The third-order valence-electron chi connectivity index (χ3n) is 6.61. The van der Waals surface area contributed by atoms with Gasteiger partial charge in [-0.25, -0.2) is 9.59 Å². The number of nitrogens with zero attached hydrogens (tertiary/aromatic N) is 4. The fourth-order valence-corrected chi connectivity index (χ4v) is 4.33. The van der Waals surface area contributed by atoms with E-state index in [1.54, 1.807) is 0 Å². The topological polar surface area (TPSA) is 248 Å². The highest BCUT2D eigenvalue weighted by molar-refractivity contribution is 5.59. The van der Waals surface area contributed by atoms with Crippen LogP contribution in [0.1, 0.15) is 43.9 Å². The highest BCUT2D eigenvalue weighted by Gasteiger charge is 2.44. The molecule has 0 radical (unpaired) electrons. The molecule has 40 heavy (non-hydrogen) atoms. The van der Waals surface area contributed by atoms with Crippen molar-refractivity contribution < 1.29 is 48.9 Å². The Balaban J connectivity index is 1.31. The molecule has 224 valence electrons. The third kappa shape index (κ3) is 8.25. The highest BCUT2D eigenvalue weighted by atomic mass is 16.7. The zero-order valence-electron chi connectivity index (χ0n) is 21.9. The lowest BCUT2D eigenvalue weighted by molar-refractivity contribution is -0.301. The van der Waals surface area contributed by atoms with Crippen molar-refractivity contribution in [1.82, 2.24) is 9.55 Å². The van der Waals surface area contributed by atoms with Crippen LogP contribution in [0.25, 0.3) is 10.4 Å². The molecule has 2 aliphatic heterocycles. The fourth-order valence-electron chi connectivity index (χ4n) is 4.33. The molecule has 8 atom stereocenters. The van der Waals surface area contributed by atoms with E-state index in [-0.39, 0.29) is 26.2 Å². The van der Waals surface area contributed by atoms with Gasteiger partial charge < -0.3 is 44.1 Å². The molecule has 0 saturated carbocycles. The molecule has 1 unspecified atom stereocenters. The number of aliphatic hydroxyl groups excluding tert-OH is 4. The number of nitrogens with one attached hydrogen (secondary N) is 1.